The smallest absolute Gasteiger partial charge is 0.330 e. The molecule has 1 amide bonds. The van der Waals surface area contributed by atoms with E-state index < -0.39 is 33.9 Å². The maximum absolute atomic E-state index is 14.2. The van der Waals surface area contributed by atoms with Crippen LogP contribution < -0.4 is 4.90 Å². The molecular formula is C24H27F3N6O3S. The van der Waals surface area contributed by atoms with E-state index in [1.54, 1.807) is 16.9 Å². The number of hydrogen-bond donors (Lipinski definition) is 0. The molecule has 198 valence electrons. The molecule has 0 saturated carbocycles. The molecule has 3 aromatic heterocycles. The van der Waals surface area contributed by atoms with Crippen molar-refractivity contribution in [2.75, 3.05) is 30.0 Å². The van der Waals surface area contributed by atoms with Crippen molar-refractivity contribution in [2.45, 2.75) is 44.8 Å². The maximum Gasteiger partial charge on any atom is 0.413 e. The molecule has 0 spiro atoms. The summed E-state index contributed by atoms with van der Waals surface area (Å²) in [4.78, 5) is 24.4. The SMILES string of the molecule is Cc1cnn2c3c(cnc12)N(c1ccc([C@H](N(C)C(=O)C2CCS(=O)(=O)CC2)C(F)(F)F)cn1)CCC3. The molecule has 0 radical (unpaired) electrons. The molecule has 1 saturated heterocycles. The number of halogens is 3. The van der Waals surface area contributed by atoms with Gasteiger partial charge in [-0.05, 0) is 38.7 Å². The van der Waals surface area contributed by atoms with Crippen LogP contribution in [0.1, 0.15) is 42.1 Å². The van der Waals surface area contributed by atoms with Crippen LogP contribution in [0, 0.1) is 12.8 Å². The van der Waals surface area contributed by atoms with Gasteiger partial charge >= 0.3 is 6.18 Å². The fourth-order valence-electron chi connectivity index (χ4n) is 5.21. The van der Waals surface area contributed by atoms with Gasteiger partial charge in [0.25, 0.3) is 0 Å². The van der Waals surface area contributed by atoms with Gasteiger partial charge in [0.05, 0.1) is 35.3 Å². The lowest BCUT2D eigenvalue weighted by atomic mass is 9.98. The van der Waals surface area contributed by atoms with Crippen LogP contribution in [0.2, 0.25) is 0 Å². The van der Waals surface area contributed by atoms with E-state index in [1.807, 2.05) is 11.8 Å². The predicted molar refractivity (Wildman–Crippen MR) is 130 cm³/mol. The van der Waals surface area contributed by atoms with Gasteiger partial charge in [0, 0.05) is 36.8 Å². The van der Waals surface area contributed by atoms with Crippen LogP contribution in [0.5, 0.6) is 0 Å². The lowest BCUT2D eigenvalue weighted by molar-refractivity contribution is -0.190. The maximum atomic E-state index is 14.2. The van der Waals surface area contributed by atoms with E-state index in [4.69, 9.17) is 0 Å². The summed E-state index contributed by atoms with van der Waals surface area (Å²) >= 11 is 0. The first-order chi connectivity index (χ1) is 17.5. The first-order valence-electron chi connectivity index (χ1n) is 12.1. The van der Waals surface area contributed by atoms with Crippen LogP contribution in [0.25, 0.3) is 5.65 Å². The number of amides is 1. The summed E-state index contributed by atoms with van der Waals surface area (Å²) in [6.07, 6.45) is 1.56. The highest BCUT2D eigenvalue weighted by Crippen LogP contribution is 2.39. The number of anilines is 2. The number of sulfone groups is 1. The van der Waals surface area contributed by atoms with Crippen LogP contribution in [0.4, 0.5) is 24.7 Å². The molecule has 1 atom stereocenters. The van der Waals surface area contributed by atoms with Crippen molar-refractivity contribution < 1.29 is 26.4 Å². The Hall–Kier alpha value is -3.22. The summed E-state index contributed by atoms with van der Waals surface area (Å²) in [6.45, 7) is 2.55. The van der Waals surface area contributed by atoms with Gasteiger partial charge in [-0.1, -0.05) is 6.07 Å². The molecule has 0 N–H and O–H groups in total. The van der Waals surface area contributed by atoms with Crippen molar-refractivity contribution in [3.63, 3.8) is 0 Å². The molecule has 1 fully saturated rings. The highest BCUT2D eigenvalue weighted by Gasteiger charge is 2.47. The average Bonchev–Trinajstić information content (AvgIpc) is 3.24. The van der Waals surface area contributed by atoms with Crippen molar-refractivity contribution in [1.29, 1.82) is 0 Å². The van der Waals surface area contributed by atoms with Crippen molar-refractivity contribution in [3.05, 3.63) is 47.5 Å². The van der Waals surface area contributed by atoms with E-state index in [-0.39, 0.29) is 29.9 Å². The van der Waals surface area contributed by atoms with Crippen LogP contribution in [-0.2, 0) is 21.1 Å². The minimum Gasteiger partial charge on any atom is -0.330 e. The Kier molecular flexibility index (Phi) is 6.37. The zero-order valence-electron chi connectivity index (χ0n) is 20.4. The summed E-state index contributed by atoms with van der Waals surface area (Å²) < 4.78 is 67.6. The molecule has 5 heterocycles. The molecular weight excluding hydrogens is 509 g/mol. The number of carbonyl (C=O) groups is 1. The van der Waals surface area contributed by atoms with Crippen molar-refractivity contribution in [2.24, 2.45) is 5.92 Å². The van der Waals surface area contributed by atoms with Crippen LogP contribution in [0.15, 0.2) is 30.7 Å². The van der Waals surface area contributed by atoms with Crippen LogP contribution in [0.3, 0.4) is 0 Å². The molecule has 2 aliphatic rings. The molecule has 0 aromatic carbocycles. The van der Waals surface area contributed by atoms with Crippen LogP contribution in [-0.4, -0.2) is 70.1 Å². The lowest BCUT2D eigenvalue weighted by Gasteiger charge is -2.34. The molecule has 3 aromatic rings. The second-order valence-corrected chi connectivity index (χ2v) is 12.0. The highest BCUT2D eigenvalue weighted by atomic mass is 32.2. The number of fused-ring (bicyclic) bond motifs is 3. The number of alkyl halides is 3. The van der Waals surface area contributed by atoms with Gasteiger partial charge in [-0.15, -0.1) is 0 Å². The fraction of sp³-hybridized carbons (Fsp3) is 0.500. The molecule has 37 heavy (non-hydrogen) atoms. The Morgan fingerprint density at radius 2 is 1.86 bits per heavy atom. The monoisotopic (exact) mass is 536 g/mol. The lowest BCUT2D eigenvalue weighted by Crippen LogP contribution is -2.44. The second kappa shape index (κ2) is 9.26. The van der Waals surface area contributed by atoms with E-state index in [1.165, 1.54) is 12.1 Å². The molecule has 13 heteroatoms. The van der Waals surface area contributed by atoms with Crippen molar-refractivity contribution >= 4 is 32.9 Å². The van der Waals surface area contributed by atoms with Gasteiger partial charge in [-0.2, -0.15) is 18.3 Å². The molecule has 0 unspecified atom stereocenters. The largest absolute Gasteiger partial charge is 0.413 e. The molecule has 0 bridgehead atoms. The van der Waals surface area contributed by atoms with E-state index in [0.717, 1.165) is 48.7 Å². The van der Waals surface area contributed by atoms with Gasteiger partial charge < -0.3 is 9.80 Å². The normalized spacial score (nSPS) is 19.0. The number of carbonyl (C=O) groups excluding carboxylic acids is 1. The fourth-order valence-corrected chi connectivity index (χ4v) is 6.70. The first-order valence-corrected chi connectivity index (χ1v) is 13.9. The molecule has 2 aliphatic heterocycles. The zero-order valence-corrected chi connectivity index (χ0v) is 21.3. The van der Waals surface area contributed by atoms with E-state index in [2.05, 4.69) is 15.1 Å². The van der Waals surface area contributed by atoms with Gasteiger partial charge in [0.15, 0.2) is 11.7 Å². The zero-order chi connectivity index (χ0) is 26.5. The minimum atomic E-state index is -4.74. The number of aromatic nitrogens is 4. The Morgan fingerprint density at radius 3 is 2.51 bits per heavy atom. The number of hydrogen-bond acceptors (Lipinski definition) is 7. The Labute approximate surface area is 212 Å². The Balaban J connectivity index is 1.41. The summed E-state index contributed by atoms with van der Waals surface area (Å²) in [5.41, 5.74) is 3.32. The first kappa shape index (κ1) is 25.4. The third kappa shape index (κ3) is 4.76. The van der Waals surface area contributed by atoms with Gasteiger partial charge in [0.2, 0.25) is 5.91 Å². The number of aryl methyl sites for hydroxylation is 2. The Morgan fingerprint density at radius 1 is 1.14 bits per heavy atom. The quantitative estimate of drug-likeness (QED) is 0.504. The van der Waals surface area contributed by atoms with Gasteiger partial charge in [-0.3, -0.25) is 4.79 Å². The van der Waals surface area contributed by atoms with Gasteiger partial charge in [-0.25, -0.2) is 22.9 Å². The summed E-state index contributed by atoms with van der Waals surface area (Å²) in [5, 5.41) is 4.42. The number of nitrogens with zero attached hydrogens (tertiary/aromatic N) is 6. The van der Waals surface area contributed by atoms with E-state index in [0.29, 0.717) is 17.3 Å². The third-order valence-corrected chi connectivity index (χ3v) is 8.89. The highest BCUT2D eigenvalue weighted by molar-refractivity contribution is 7.91. The molecule has 9 nitrogen and oxygen atoms in total. The van der Waals surface area contributed by atoms with E-state index in [9.17, 15) is 26.4 Å². The Bertz CT molecular complexity index is 1420. The van der Waals surface area contributed by atoms with Crippen molar-refractivity contribution in [3.8, 4) is 0 Å². The van der Waals surface area contributed by atoms with E-state index >= 15 is 0 Å². The summed E-state index contributed by atoms with van der Waals surface area (Å²) in [5.74, 6) is -1.38. The van der Waals surface area contributed by atoms with Gasteiger partial charge in [0.1, 0.15) is 15.7 Å². The average molecular weight is 537 g/mol. The topological polar surface area (TPSA) is 101 Å². The number of pyridine rings is 1. The standard InChI is InChI=1S/C24H27F3N6O3S/c1-15-12-30-33-18-4-3-9-32(19(18)14-29-22(15)33)20-6-5-17(13-28-20)21(24(25,26)27)31(2)23(34)16-7-10-37(35,36)11-8-16/h5-6,12-14,16,21H,3-4,7-11H2,1-2H3/t21-/m0/s1. The number of rotatable bonds is 4. The molecule has 0 aliphatic carbocycles. The van der Waals surface area contributed by atoms with Crippen molar-refractivity contribution in [1.82, 2.24) is 24.5 Å². The minimum absolute atomic E-state index is 0.0265. The van der Waals surface area contributed by atoms with Crippen LogP contribution >= 0.6 is 0 Å². The second-order valence-electron chi connectivity index (χ2n) is 9.68. The summed E-state index contributed by atoms with van der Waals surface area (Å²) in [6, 6.07) is 0.670. The molecule has 5 rings (SSSR count). The summed E-state index contributed by atoms with van der Waals surface area (Å²) in [7, 11) is -2.13. The predicted octanol–water partition coefficient (Wildman–Crippen LogP) is 3.40. The third-order valence-electron chi connectivity index (χ3n) is 7.18.